The molecule has 2 heterocycles. The molecule has 0 amide bonds. The highest BCUT2D eigenvalue weighted by Crippen LogP contribution is 2.29. The third kappa shape index (κ3) is 3.46. The van der Waals surface area contributed by atoms with Crippen LogP contribution in [0.2, 0.25) is 5.02 Å². The van der Waals surface area contributed by atoms with Crippen molar-refractivity contribution in [1.29, 1.82) is 0 Å². The molecule has 0 fully saturated rings. The monoisotopic (exact) mass is 426 g/mol. The van der Waals surface area contributed by atoms with Crippen LogP contribution in [-0.4, -0.2) is 41.7 Å². The van der Waals surface area contributed by atoms with E-state index in [-0.39, 0.29) is 10.6 Å². The van der Waals surface area contributed by atoms with Crippen LogP contribution in [0.5, 0.6) is 11.5 Å². The van der Waals surface area contributed by atoms with Gasteiger partial charge in [0.1, 0.15) is 17.0 Å². The van der Waals surface area contributed by atoms with Crippen LogP contribution >= 0.6 is 11.6 Å². The largest absolute Gasteiger partial charge is 0.497 e. The Hall–Kier alpha value is -3.52. The first-order chi connectivity index (χ1) is 14.5. The van der Waals surface area contributed by atoms with Crippen molar-refractivity contribution >= 4 is 39.9 Å². The van der Waals surface area contributed by atoms with Gasteiger partial charge in [0, 0.05) is 18.2 Å². The highest BCUT2D eigenvalue weighted by atomic mass is 35.5. The normalized spacial score (nSPS) is 10.9. The van der Waals surface area contributed by atoms with Crippen LogP contribution in [-0.2, 0) is 11.3 Å². The molecule has 9 heteroatoms. The second kappa shape index (κ2) is 8.08. The van der Waals surface area contributed by atoms with Gasteiger partial charge in [-0.25, -0.2) is 14.8 Å². The Bertz CT molecular complexity index is 1250. The standard InChI is InChI=1S/C21H19ClN4O4/c1-28-13-5-4-12(19(6-13)29-2)9-24-20-18-10-23-11-26(18)17-7-14(21(27)30-3)15(22)8-16(17)25-20/h4-8,10-11H,9H2,1-3H3,(H,24,25). The molecule has 0 atom stereocenters. The maximum absolute atomic E-state index is 12.0. The molecule has 0 unspecified atom stereocenters. The molecule has 1 N–H and O–H groups in total. The summed E-state index contributed by atoms with van der Waals surface area (Å²) >= 11 is 6.28. The van der Waals surface area contributed by atoms with Crippen LogP contribution in [0, 0.1) is 0 Å². The van der Waals surface area contributed by atoms with Crippen LogP contribution < -0.4 is 14.8 Å². The van der Waals surface area contributed by atoms with Gasteiger partial charge < -0.3 is 19.5 Å². The molecule has 8 nitrogen and oxygen atoms in total. The van der Waals surface area contributed by atoms with E-state index >= 15 is 0 Å². The van der Waals surface area contributed by atoms with E-state index in [1.807, 2.05) is 22.6 Å². The zero-order valence-corrected chi connectivity index (χ0v) is 17.4. The number of rotatable bonds is 6. The van der Waals surface area contributed by atoms with Crippen molar-refractivity contribution in [3.63, 3.8) is 0 Å². The molecule has 2 aromatic carbocycles. The minimum Gasteiger partial charge on any atom is -0.497 e. The van der Waals surface area contributed by atoms with Crippen molar-refractivity contribution in [2.45, 2.75) is 6.54 Å². The van der Waals surface area contributed by atoms with Crippen LogP contribution in [0.4, 0.5) is 5.82 Å². The fourth-order valence-electron chi connectivity index (χ4n) is 3.25. The van der Waals surface area contributed by atoms with Gasteiger partial charge >= 0.3 is 5.97 Å². The number of ether oxygens (including phenoxy) is 3. The van der Waals surface area contributed by atoms with Crippen molar-refractivity contribution in [3.8, 4) is 11.5 Å². The van der Waals surface area contributed by atoms with E-state index in [0.717, 1.165) is 11.1 Å². The molecule has 0 aliphatic carbocycles. The molecule has 0 spiro atoms. The summed E-state index contributed by atoms with van der Waals surface area (Å²) in [4.78, 5) is 20.9. The molecular formula is C21H19ClN4O4. The molecule has 0 radical (unpaired) electrons. The number of esters is 1. The summed E-state index contributed by atoms with van der Waals surface area (Å²) in [5.41, 5.74) is 3.28. The molecule has 4 aromatic rings. The van der Waals surface area contributed by atoms with Crippen molar-refractivity contribution in [2.24, 2.45) is 0 Å². The number of carbonyl (C=O) groups is 1. The van der Waals surface area contributed by atoms with E-state index in [2.05, 4.69) is 10.3 Å². The third-order valence-corrected chi connectivity index (χ3v) is 5.10. The Kier molecular flexibility index (Phi) is 5.33. The van der Waals surface area contributed by atoms with Gasteiger partial charge in [-0.1, -0.05) is 11.6 Å². The Morgan fingerprint density at radius 3 is 2.70 bits per heavy atom. The topological polar surface area (TPSA) is 87.0 Å². The molecular weight excluding hydrogens is 408 g/mol. The van der Waals surface area contributed by atoms with Gasteiger partial charge in [-0.3, -0.25) is 4.40 Å². The second-order valence-electron chi connectivity index (χ2n) is 6.45. The zero-order valence-electron chi connectivity index (χ0n) is 16.6. The molecule has 0 saturated carbocycles. The van der Waals surface area contributed by atoms with Crippen LogP contribution in [0.1, 0.15) is 15.9 Å². The average molecular weight is 427 g/mol. The summed E-state index contributed by atoms with van der Waals surface area (Å²) in [6, 6.07) is 8.92. The number of halogens is 1. The highest BCUT2D eigenvalue weighted by Gasteiger charge is 2.16. The molecule has 30 heavy (non-hydrogen) atoms. The van der Waals surface area contributed by atoms with Crippen molar-refractivity contribution in [3.05, 3.63) is 59.0 Å². The van der Waals surface area contributed by atoms with E-state index in [1.54, 1.807) is 38.9 Å². The lowest BCUT2D eigenvalue weighted by Crippen LogP contribution is -2.07. The molecule has 4 rings (SSSR count). The Morgan fingerprint density at radius 1 is 1.13 bits per heavy atom. The minimum atomic E-state index is -0.510. The number of fused-ring (bicyclic) bond motifs is 3. The molecule has 154 valence electrons. The minimum absolute atomic E-state index is 0.268. The van der Waals surface area contributed by atoms with E-state index in [4.69, 9.17) is 30.8 Å². The SMILES string of the molecule is COC(=O)c1cc2c(cc1Cl)nc(NCc1ccc(OC)cc1OC)c1cncn12. The summed E-state index contributed by atoms with van der Waals surface area (Å²) in [6.45, 7) is 0.473. The quantitative estimate of drug-likeness (QED) is 0.467. The predicted molar refractivity (Wildman–Crippen MR) is 114 cm³/mol. The Morgan fingerprint density at radius 2 is 1.97 bits per heavy atom. The number of anilines is 1. The van der Waals surface area contributed by atoms with Gasteiger partial charge in [-0.15, -0.1) is 0 Å². The number of methoxy groups -OCH3 is 3. The number of aromatic nitrogens is 3. The maximum Gasteiger partial charge on any atom is 0.339 e. The summed E-state index contributed by atoms with van der Waals surface area (Å²) in [6.07, 6.45) is 3.36. The van der Waals surface area contributed by atoms with E-state index < -0.39 is 5.97 Å². The van der Waals surface area contributed by atoms with Crippen LogP contribution in [0.3, 0.4) is 0 Å². The smallest absolute Gasteiger partial charge is 0.339 e. The molecule has 2 aromatic heterocycles. The second-order valence-corrected chi connectivity index (χ2v) is 6.86. The molecule has 0 aliphatic rings. The Labute approximate surface area is 177 Å². The van der Waals surface area contributed by atoms with Gasteiger partial charge in [0.05, 0.1) is 55.5 Å². The lowest BCUT2D eigenvalue weighted by molar-refractivity contribution is 0.0601. The van der Waals surface area contributed by atoms with Crippen LogP contribution in [0.25, 0.3) is 16.6 Å². The predicted octanol–water partition coefficient (Wildman–Crippen LogP) is 3.95. The number of carbonyl (C=O) groups excluding carboxylic acids is 1. The fourth-order valence-corrected chi connectivity index (χ4v) is 3.48. The van der Waals surface area contributed by atoms with Crippen molar-refractivity contribution in [2.75, 3.05) is 26.6 Å². The van der Waals surface area contributed by atoms with Gasteiger partial charge in [-0.2, -0.15) is 0 Å². The van der Waals surface area contributed by atoms with Crippen molar-refractivity contribution in [1.82, 2.24) is 14.4 Å². The summed E-state index contributed by atoms with van der Waals surface area (Å²) < 4.78 is 17.4. The van der Waals surface area contributed by atoms with E-state index in [0.29, 0.717) is 34.9 Å². The lowest BCUT2D eigenvalue weighted by Gasteiger charge is -2.14. The van der Waals surface area contributed by atoms with E-state index in [9.17, 15) is 4.79 Å². The maximum atomic E-state index is 12.0. The number of nitrogens with zero attached hydrogens (tertiary/aromatic N) is 3. The first-order valence-electron chi connectivity index (χ1n) is 9.04. The zero-order chi connectivity index (χ0) is 21.3. The first kappa shape index (κ1) is 19.8. The number of imidazole rings is 1. The lowest BCUT2D eigenvalue weighted by atomic mass is 10.1. The number of hydrogen-bond acceptors (Lipinski definition) is 7. The number of nitrogens with one attached hydrogen (secondary N) is 1. The van der Waals surface area contributed by atoms with Gasteiger partial charge in [0.15, 0.2) is 5.82 Å². The highest BCUT2D eigenvalue weighted by molar-refractivity contribution is 6.34. The molecule has 0 saturated heterocycles. The molecule has 0 bridgehead atoms. The average Bonchev–Trinajstić information content (AvgIpc) is 3.26. The van der Waals surface area contributed by atoms with Crippen molar-refractivity contribution < 1.29 is 19.0 Å². The summed E-state index contributed by atoms with van der Waals surface area (Å²) in [5, 5.41) is 3.60. The first-order valence-corrected chi connectivity index (χ1v) is 9.42. The van der Waals surface area contributed by atoms with Gasteiger partial charge in [-0.05, 0) is 24.3 Å². The number of hydrogen-bond donors (Lipinski definition) is 1. The van der Waals surface area contributed by atoms with E-state index in [1.165, 1.54) is 7.11 Å². The summed E-state index contributed by atoms with van der Waals surface area (Å²) in [7, 11) is 4.54. The number of benzene rings is 2. The van der Waals surface area contributed by atoms with Gasteiger partial charge in [0.25, 0.3) is 0 Å². The van der Waals surface area contributed by atoms with Gasteiger partial charge in [0.2, 0.25) is 0 Å². The Balaban J connectivity index is 1.75. The fraction of sp³-hybridized carbons (Fsp3) is 0.190. The molecule has 0 aliphatic heterocycles. The van der Waals surface area contributed by atoms with Crippen LogP contribution in [0.15, 0.2) is 42.9 Å². The third-order valence-electron chi connectivity index (χ3n) is 4.78. The summed E-state index contributed by atoms with van der Waals surface area (Å²) in [5.74, 6) is 1.54.